The largest absolute Gasteiger partial charge is 0.445 e. The molecule has 20 heavy (non-hydrogen) atoms. The van der Waals surface area contributed by atoms with Crippen LogP contribution < -0.4 is 10.6 Å². The Bertz CT molecular complexity index is 501. The van der Waals surface area contributed by atoms with Gasteiger partial charge in [-0.15, -0.1) is 10.2 Å². The smallest absolute Gasteiger partial charge is 0.344 e. The van der Waals surface area contributed by atoms with Crippen LogP contribution in [0, 0.1) is 5.92 Å². The first kappa shape index (κ1) is 16.3. The van der Waals surface area contributed by atoms with Crippen molar-refractivity contribution in [2.24, 2.45) is 5.92 Å². The number of hydrogen-bond acceptors (Lipinski definition) is 5. The van der Waals surface area contributed by atoms with E-state index in [-0.39, 0.29) is 22.4 Å². The van der Waals surface area contributed by atoms with Gasteiger partial charge in [-0.05, 0) is 5.92 Å². The van der Waals surface area contributed by atoms with Gasteiger partial charge in [0, 0.05) is 6.92 Å². The number of nitrogens with zero attached hydrogens (tertiary/aromatic N) is 2. The van der Waals surface area contributed by atoms with Crippen LogP contribution in [-0.4, -0.2) is 28.1 Å². The van der Waals surface area contributed by atoms with Gasteiger partial charge in [-0.2, -0.15) is 13.2 Å². The lowest BCUT2D eigenvalue weighted by Gasteiger charge is -2.19. The summed E-state index contributed by atoms with van der Waals surface area (Å²) >= 11 is 0.224. The Balaban J connectivity index is 2.78. The van der Waals surface area contributed by atoms with Gasteiger partial charge in [0.2, 0.25) is 22.0 Å². The van der Waals surface area contributed by atoms with E-state index in [0.29, 0.717) is 0 Å². The van der Waals surface area contributed by atoms with Crippen molar-refractivity contribution in [1.29, 1.82) is 0 Å². The summed E-state index contributed by atoms with van der Waals surface area (Å²) in [7, 11) is 0. The highest BCUT2D eigenvalue weighted by molar-refractivity contribution is 7.15. The van der Waals surface area contributed by atoms with E-state index in [1.165, 1.54) is 6.92 Å². The molecule has 0 radical (unpaired) electrons. The molecule has 0 spiro atoms. The van der Waals surface area contributed by atoms with Gasteiger partial charge >= 0.3 is 6.18 Å². The standard InChI is InChI=1S/C10H13F3N4O2S/c1-4(2)6(14-5(3)18)7(19)15-9-17-16-8(20-9)10(11,12)13/h4,6H,1-3H3,(H,14,18)(H,15,17,19). The summed E-state index contributed by atoms with van der Waals surface area (Å²) in [6.07, 6.45) is -4.60. The predicted octanol–water partition coefficient (Wildman–Crippen LogP) is 1.66. The number of rotatable bonds is 4. The highest BCUT2D eigenvalue weighted by atomic mass is 32.1. The molecular formula is C10H13F3N4O2S. The van der Waals surface area contributed by atoms with Crippen LogP contribution in [0.15, 0.2) is 0 Å². The van der Waals surface area contributed by atoms with Crippen molar-refractivity contribution in [1.82, 2.24) is 15.5 Å². The normalized spacial score (nSPS) is 13.2. The Kier molecular flexibility index (Phi) is 5.03. The number of carbonyl (C=O) groups excluding carboxylic acids is 2. The lowest BCUT2D eigenvalue weighted by molar-refractivity contribution is -0.138. The molecule has 0 saturated heterocycles. The topological polar surface area (TPSA) is 84.0 Å². The van der Waals surface area contributed by atoms with Gasteiger partial charge in [-0.3, -0.25) is 14.9 Å². The summed E-state index contributed by atoms with van der Waals surface area (Å²) in [4.78, 5) is 22.9. The summed E-state index contributed by atoms with van der Waals surface area (Å²) in [5, 5.41) is 9.42. The van der Waals surface area contributed by atoms with Crippen LogP contribution in [0.2, 0.25) is 0 Å². The van der Waals surface area contributed by atoms with E-state index in [0.717, 1.165) is 0 Å². The molecule has 0 saturated carbocycles. The maximum Gasteiger partial charge on any atom is 0.445 e. The molecule has 1 rings (SSSR count). The second kappa shape index (κ2) is 6.16. The Morgan fingerprint density at radius 1 is 1.25 bits per heavy atom. The minimum atomic E-state index is -4.60. The average Bonchev–Trinajstić information content (AvgIpc) is 2.73. The molecule has 1 aromatic rings. The van der Waals surface area contributed by atoms with Crippen molar-refractivity contribution in [2.45, 2.75) is 33.0 Å². The van der Waals surface area contributed by atoms with Crippen molar-refractivity contribution in [3.8, 4) is 0 Å². The van der Waals surface area contributed by atoms with Crippen LogP contribution in [0.4, 0.5) is 18.3 Å². The molecule has 6 nitrogen and oxygen atoms in total. The van der Waals surface area contributed by atoms with Crippen LogP contribution in [0.25, 0.3) is 0 Å². The monoisotopic (exact) mass is 310 g/mol. The quantitative estimate of drug-likeness (QED) is 0.886. The minimum absolute atomic E-state index is 0.224. The molecular weight excluding hydrogens is 297 g/mol. The lowest BCUT2D eigenvalue weighted by Crippen LogP contribution is -2.46. The predicted molar refractivity (Wildman–Crippen MR) is 66.0 cm³/mol. The molecule has 0 bridgehead atoms. The number of aromatic nitrogens is 2. The zero-order valence-corrected chi connectivity index (χ0v) is 11.7. The molecule has 0 aromatic carbocycles. The number of carbonyl (C=O) groups is 2. The van der Waals surface area contributed by atoms with E-state index in [1.807, 2.05) is 0 Å². The van der Waals surface area contributed by atoms with Gasteiger partial charge in [0.1, 0.15) is 6.04 Å². The van der Waals surface area contributed by atoms with Gasteiger partial charge < -0.3 is 5.32 Å². The molecule has 2 amide bonds. The van der Waals surface area contributed by atoms with Crippen LogP contribution in [0.3, 0.4) is 0 Å². The van der Waals surface area contributed by atoms with Gasteiger partial charge in [-0.25, -0.2) is 0 Å². The fraction of sp³-hybridized carbons (Fsp3) is 0.600. The van der Waals surface area contributed by atoms with Crippen LogP contribution in [0.1, 0.15) is 25.8 Å². The van der Waals surface area contributed by atoms with E-state index in [2.05, 4.69) is 20.8 Å². The molecule has 0 aliphatic heterocycles. The highest BCUT2D eigenvalue weighted by Crippen LogP contribution is 2.33. The van der Waals surface area contributed by atoms with E-state index in [9.17, 15) is 22.8 Å². The maximum absolute atomic E-state index is 12.3. The summed E-state index contributed by atoms with van der Waals surface area (Å²) in [5.41, 5.74) is 0. The number of alkyl halides is 3. The second-order valence-corrected chi connectivity index (χ2v) is 5.30. The molecule has 1 unspecified atom stereocenters. The average molecular weight is 310 g/mol. The molecule has 0 fully saturated rings. The van der Waals surface area contributed by atoms with Gasteiger partial charge in [0.25, 0.3) is 0 Å². The number of anilines is 1. The fourth-order valence-corrected chi connectivity index (χ4v) is 1.94. The van der Waals surface area contributed by atoms with Crippen LogP contribution in [-0.2, 0) is 15.8 Å². The zero-order valence-electron chi connectivity index (χ0n) is 10.9. The first-order valence-corrected chi connectivity index (χ1v) is 6.41. The Morgan fingerprint density at radius 2 is 1.85 bits per heavy atom. The molecule has 0 aliphatic carbocycles. The molecule has 0 aliphatic rings. The molecule has 1 heterocycles. The van der Waals surface area contributed by atoms with Crippen molar-refractivity contribution in [3.63, 3.8) is 0 Å². The summed E-state index contributed by atoms with van der Waals surface area (Å²) in [5.74, 6) is -1.28. The summed E-state index contributed by atoms with van der Waals surface area (Å²) < 4.78 is 37.0. The Hall–Kier alpha value is -1.71. The maximum atomic E-state index is 12.3. The lowest BCUT2D eigenvalue weighted by atomic mass is 10.0. The number of halogens is 3. The first-order valence-electron chi connectivity index (χ1n) is 5.60. The third-order valence-corrected chi connectivity index (χ3v) is 3.09. The SMILES string of the molecule is CC(=O)NC(C(=O)Nc1nnc(C(F)(F)F)s1)C(C)C. The Morgan fingerprint density at radius 3 is 2.25 bits per heavy atom. The van der Waals surface area contributed by atoms with Crippen LogP contribution >= 0.6 is 11.3 Å². The second-order valence-electron chi connectivity index (χ2n) is 4.32. The minimum Gasteiger partial charge on any atom is -0.344 e. The van der Waals surface area contributed by atoms with E-state index < -0.39 is 29.0 Å². The van der Waals surface area contributed by atoms with Crippen molar-refractivity contribution in [3.05, 3.63) is 5.01 Å². The van der Waals surface area contributed by atoms with Gasteiger partial charge in [0.15, 0.2) is 0 Å². The van der Waals surface area contributed by atoms with Gasteiger partial charge in [-0.1, -0.05) is 25.2 Å². The molecule has 2 N–H and O–H groups in total. The van der Waals surface area contributed by atoms with Crippen LogP contribution in [0.5, 0.6) is 0 Å². The summed E-state index contributed by atoms with van der Waals surface area (Å²) in [6.45, 7) is 4.64. The van der Waals surface area contributed by atoms with Crippen molar-refractivity contribution < 1.29 is 22.8 Å². The highest BCUT2D eigenvalue weighted by Gasteiger charge is 2.36. The summed E-state index contributed by atoms with van der Waals surface area (Å²) in [6, 6.07) is -0.856. The van der Waals surface area contributed by atoms with E-state index in [1.54, 1.807) is 13.8 Å². The van der Waals surface area contributed by atoms with E-state index in [4.69, 9.17) is 0 Å². The third-order valence-electron chi connectivity index (χ3n) is 2.21. The molecule has 1 aromatic heterocycles. The number of nitrogens with one attached hydrogen (secondary N) is 2. The van der Waals surface area contributed by atoms with Crippen molar-refractivity contribution in [2.75, 3.05) is 5.32 Å². The van der Waals surface area contributed by atoms with Crippen molar-refractivity contribution >= 4 is 28.3 Å². The molecule has 112 valence electrons. The first-order chi connectivity index (χ1) is 9.11. The zero-order chi connectivity index (χ0) is 15.5. The molecule has 1 atom stereocenters. The third kappa shape index (κ3) is 4.44. The number of amides is 2. The molecule has 10 heteroatoms. The fourth-order valence-electron chi connectivity index (χ4n) is 1.33. The number of hydrogen-bond donors (Lipinski definition) is 2. The van der Waals surface area contributed by atoms with E-state index >= 15 is 0 Å². The Labute approximate surface area is 116 Å². The van der Waals surface area contributed by atoms with Gasteiger partial charge in [0.05, 0.1) is 0 Å².